The van der Waals surface area contributed by atoms with Gasteiger partial charge in [0.05, 0.1) is 32.6 Å². The van der Waals surface area contributed by atoms with Gasteiger partial charge in [-0.25, -0.2) is 9.59 Å². The first-order chi connectivity index (χ1) is 26.8. The van der Waals surface area contributed by atoms with E-state index in [-0.39, 0.29) is 37.1 Å². The van der Waals surface area contributed by atoms with Gasteiger partial charge in [-0.2, -0.15) is 0 Å². The van der Waals surface area contributed by atoms with Crippen molar-refractivity contribution in [3.05, 3.63) is 131 Å². The minimum Gasteiger partial charge on any atom is -0.467 e. The van der Waals surface area contributed by atoms with Gasteiger partial charge in [-0.05, 0) is 53.8 Å². The van der Waals surface area contributed by atoms with Crippen LogP contribution in [-0.4, -0.2) is 79.0 Å². The molecule has 0 aromatic heterocycles. The van der Waals surface area contributed by atoms with Gasteiger partial charge >= 0.3 is 12.0 Å². The van der Waals surface area contributed by atoms with Crippen molar-refractivity contribution in [2.45, 2.75) is 62.9 Å². The number of esters is 1. The number of likely N-dealkylation sites (tertiary alicyclic amines) is 1. The first-order valence-corrected chi connectivity index (χ1v) is 18.9. The molecule has 3 aliphatic rings. The van der Waals surface area contributed by atoms with Crippen LogP contribution in [0.4, 0.5) is 16.2 Å². The van der Waals surface area contributed by atoms with E-state index in [1.54, 1.807) is 6.07 Å². The summed E-state index contributed by atoms with van der Waals surface area (Å²) in [7, 11) is 1.30. The lowest BCUT2D eigenvalue weighted by Crippen LogP contribution is -2.57. The molecule has 3 amide bonds. The third-order valence-electron chi connectivity index (χ3n) is 11.1. The highest BCUT2D eigenvalue weighted by atomic mass is 16.7. The predicted molar refractivity (Wildman–Crippen MR) is 208 cm³/mol. The van der Waals surface area contributed by atoms with E-state index in [9.17, 15) is 19.5 Å². The van der Waals surface area contributed by atoms with Gasteiger partial charge < -0.3 is 45.1 Å². The highest BCUT2D eigenvalue weighted by Gasteiger charge is 2.51. The van der Waals surface area contributed by atoms with Crippen LogP contribution in [0, 0.1) is 5.92 Å². The molecule has 12 nitrogen and oxygen atoms in total. The minimum atomic E-state index is -0.880. The molecule has 0 bridgehead atoms. The average Bonchev–Trinajstić information content (AvgIpc) is 3.53. The molecular formula is C43H49N5O7. The molecule has 7 rings (SSSR count). The Morgan fingerprint density at radius 3 is 2.31 bits per heavy atom. The van der Waals surface area contributed by atoms with Crippen LogP contribution in [0.5, 0.6) is 0 Å². The fourth-order valence-electron chi connectivity index (χ4n) is 7.99. The van der Waals surface area contributed by atoms with Crippen molar-refractivity contribution < 1.29 is 33.7 Å². The second-order valence-electron chi connectivity index (χ2n) is 14.6. The number of urea groups is 1. The second-order valence-corrected chi connectivity index (χ2v) is 14.6. The Kier molecular flexibility index (Phi) is 11.8. The number of nitrogens with one attached hydrogen (secondary N) is 3. The number of benzene rings is 4. The Morgan fingerprint density at radius 1 is 0.909 bits per heavy atom. The summed E-state index contributed by atoms with van der Waals surface area (Å²) in [6, 6.07) is 33.2. The van der Waals surface area contributed by atoms with Crippen molar-refractivity contribution in [1.82, 2.24) is 15.5 Å². The number of carbonyl (C=O) groups excluding carboxylic acids is 3. The molecule has 55 heavy (non-hydrogen) atoms. The standard InChI is InChI=1S/C43H49N5O7/c1-29-37(26-47-22-20-43(21-23-47)41(51)44-28-48(43)35-14-7-4-8-15-35)54-40(55-38(29)32-18-16-31(27-49)17-19-32)33-12-9-13-34(25-33)45-42(52)46-36(39(50)53-2)24-30-10-5-3-6-11-30/h3-19,25,29,36-38,40,49H,20-24,26-28H2,1-2H3,(H,44,51)(H2,45,46,52)/t29-,36-,37+,38+,40+/m0/s1. The number of para-hydroxylation sites is 1. The lowest BCUT2D eigenvalue weighted by molar-refractivity contribution is -0.276. The normalized spacial score (nSPS) is 22.8. The predicted octanol–water partition coefficient (Wildman–Crippen LogP) is 5.30. The van der Waals surface area contributed by atoms with Crippen molar-refractivity contribution in [3.8, 4) is 0 Å². The number of anilines is 2. The zero-order chi connectivity index (χ0) is 38.4. The van der Waals surface area contributed by atoms with Crippen LogP contribution in [0.1, 0.15) is 54.4 Å². The first kappa shape index (κ1) is 38.0. The molecule has 4 N–H and O–H groups in total. The van der Waals surface area contributed by atoms with E-state index in [1.807, 2.05) is 91.0 Å². The topological polar surface area (TPSA) is 142 Å². The molecule has 1 spiro atoms. The van der Waals surface area contributed by atoms with Crippen molar-refractivity contribution in [3.63, 3.8) is 0 Å². The number of piperidine rings is 1. The summed E-state index contributed by atoms with van der Waals surface area (Å²) in [5.41, 5.74) is 4.36. The van der Waals surface area contributed by atoms with Gasteiger partial charge in [-0.1, -0.05) is 91.9 Å². The van der Waals surface area contributed by atoms with Crippen LogP contribution in [-0.2, 0) is 36.8 Å². The molecule has 3 saturated heterocycles. The zero-order valence-corrected chi connectivity index (χ0v) is 31.2. The molecule has 5 atom stereocenters. The van der Waals surface area contributed by atoms with Gasteiger partial charge in [0.1, 0.15) is 11.6 Å². The number of rotatable bonds is 11. The van der Waals surface area contributed by atoms with Crippen LogP contribution in [0.3, 0.4) is 0 Å². The summed E-state index contributed by atoms with van der Waals surface area (Å²) in [5.74, 6) is -0.495. The van der Waals surface area contributed by atoms with Crippen molar-refractivity contribution in [2.24, 2.45) is 5.92 Å². The van der Waals surface area contributed by atoms with Gasteiger partial charge in [0.2, 0.25) is 5.91 Å². The maximum atomic E-state index is 13.3. The number of aliphatic hydroxyl groups is 1. The summed E-state index contributed by atoms with van der Waals surface area (Å²) in [6.45, 7) is 4.69. The summed E-state index contributed by atoms with van der Waals surface area (Å²) in [4.78, 5) is 43.7. The van der Waals surface area contributed by atoms with Crippen LogP contribution in [0.15, 0.2) is 109 Å². The van der Waals surface area contributed by atoms with Crippen LogP contribution in [0.25, 0.3) is 0 Å². The highest BCUT2D eigenvalue weighted by molar-refractivity contribution is 5.94. The Balaban J connectivity index is 1.06. The fourth-order valence-corrected chi connectivity index (χ4v) is 7.99. The maximum absolute atomic E-state index is 13.3. The van der Waals surface area contributed by atoms with E-state index in [2.05, 4.69) is 44.8 Å². The molecule has 4 aromatic rings. The highest BCUT2D eigenvalue weighted by Crippen LogP contribution is 2.43. The van der Waals surface area contributed by atoms with Crippen molar-refractivity contribution in [2.75, 3.05) is 43.6 Å². The number of ether oxygens (including phenoxy) is 3. The molecule has 3 heterocycles. The van der Waals surface area contributed by atoms with Gasteiger partial charge in [0.15, 0.2) is 6.29 Å². The van der Waals surface area contributed by atoms with Crippen LogP contribution >= 0.6 is 0 Å². The fraction of sp³-hybridized carbons (Fsp3) is 0.372. The molecule has 4 aromatic carbocycles. The molecule has 3 aliphatic heterocycles. The summed E-state index contributed by atoms with van der Waals surface area (Å²) in [6.07, 6.45) is 0.371. The quantitative estimate of drug-likeness (QED) is 0.150. The number of amides is 3. The zero-order valence-electron chi connectivity index (χ0n) is 31.2. The Hall–Kier alpha value is -5.27. The van der Waals surface area contributed by atoms with E-state index in [4.69, 9.17) is 14.2 Å². The lowest BCUT2D eigenvalue weighted by atomic mass is 9.84. The number of hydrogen-bond donors (Lipinski definition) is 4. The van der Waals surface area contributed by atoms with Gasteiger partial charge in [-0.15, -0.1) is 0 Å². The molecule has 0 aliphatic carbocycles. The molecule has 0 unspecified atom stereocenters. The van der Waals surface area contributed by atoms with E-state index in [0.29, 0.717) is 31.7 Å². The number of aliphatic hydroxyl groups excluding tert-OH is 1. The number of carbonyl (C=O) groups is 3. The summed E-state index contributed by atoms with van der Waals surface area (Å²) in [5, 5.41) is 18.4. The molecule has 12 heteroatoms. The Bertz CT molecular complexity index is 1920. The van der Waals surface area contributed by atoms with Crippen molar-refractivity contribution >= 4 is 29.3 Å². The van der Waals surface area contributed by atoms with Crippen LogP contribution < -0.4 is 20.9 Å². The van der Waals surface area contributed by atoms with E-state index >= 15 is 0 Å². The lowest BCUT2D eigenvalue weighted by Gasteiger charge is -2.46. The maximum Gasteiger partial charge on any atom is 0.328 e. The Labute approximate surface area is 321 Å². The largest absolute Gasteiger partial charge is 0.467 e. The SMILES string of the molecule is COC(=O)[C@H](Cc1ccccc1)NC(=O)Nc1cccc([C@@H]2O[C@H](CN3CCC4(CC3)C(=O)NCN4c3ccccc3)[C@H](C)[C@H](c3ccc(CO)cc3)O2)c1. The Morgan fingerprint density at radius 2 is 1.62 bits per heavy atom. The van der Waals surface area contributed by atoms with Crippen LogP contribution in [0.2, 0.25) is 0 Å². The number of nitrogens with zero attached hydrogens (tertiary/aromatic N) is 2. The second kappa shape index (κ2) is 17.0. The molecule has 288 valence electrons. The monoisotopic (exact) mass is 747 g/mol. The summed E-state index contributed by atoms with van der Waals surface area (Å²) >= 11 is 0. The average molecular weight is 748 g/mol. The van der Waals surface area contributed by atoms with Gasteiger partial charge in [-0.3, -0.25) is 4.79 Å². The number of hydrogen-bond acceptors (Lipinski definition) is 9. The van der Waals surface area contributed by atoms with E-state index < -0.39 is 29.9 Å². The van der Waals surface area contributed by atoms with Gasteiger partial charge in [0.25, 0.3) is 0 Å². The van der Waals surface area contributed by atoms with Gasteiger partial charge in [0, 0.05) is 48.9 Å². The molecule has 0 radical (unpaired) electrons. The number of methoxy groups -OCH3 is 1. The van der Waals surface area contributed by atoms with E-state index in [0.717, 1.165) is 41.0 Å². The first-order valence-electron chi connectivity index (χ1n) is 18.9. The minimum absolute atomic E-state index is 0.0327. The van der Waals surface area contributed by atoms with Crippen molar-refractivity contribution in [1.29, 1.82) is 0 Å². The molecule has 3 fully saturated rings. The van der Waals surface area contributed by atoms with E-state index in [1.165, 1.54) is 7.11 Å². The third-order valence-corrected chi connectivity index (χ3v) is 11.1. The molecular weight excluding hydrogens is 699 g/mol. The third kappa shape index (κ3) is 8.52. The summed E-state index contributed by atoms with van der Waals surface area (Å²) < 4.78 is 18.4. The molecule has 0 saturated carbocycles. The smallest absolute Gasteiger partial charge is 0.328 e.